The van der Waals surface area contributed by atoms with Crippen LogP contribution < -0.4 is 5.32 Å². The van der Waals surface area contributed by atoms with Crippen molar-refractivity contribution in [3.05, 3.63) is 24.3 Å². The summed E-state index contributed by atoms with van der Waals surface area (Å²) in [7, 11) is 0. The maximum atomic E-state index is 6.10. The van der Waals surface area contributed by atoms with E-state index in [2.05, 4.69) is 20.5 Å². The van der Waals surface area contributed by atoms with Crippen LogP contribution in [0.2, 0.25) is 0 Å². The minimum absolute atomic E-state index is 0.340. The van der Waals surface area contributed by atoms with Crippen molar-refractivity contribution in [2.45, 2.75) is 24.6 Å². The zero-order chi connectivity index (χ0) is 12.4. The molecular weight excluding hydrogens is 248 g/mol. The van der Waals surface area contributed by atoms with Gasteiger partial charge in [-0.05, 0) is 37.3 Å². The number of nitrogens with one attached hydrogen (secondary N) is 1. The number of rotatable bonds is 3. The van der Waals surface area contributed by atoms with Crippen LogP contribution in [0.3, 0.4) is 0 Å². The second-order valence-corrected chi connectivity index (χ2v) is 5.40. The molecule has 2 unspecified atom stereocenters. The van der Waals surface area contributed by atoms with Crippen LogP contribution in [0, 0.1) is 5.92 Å². The van der Waals surface area contributed by atoms with E-state index in [1.165, 1.54) is 6.42 Å². The van der Waals surface area contributed by atoms with Crippen LogP contribution in [0.1, 0.15) is 19.3 Å². The molecule has 1 heterocycles. The van der Waals surface area contributed by atoms with Crippen molar-refractivity contribution in [1.29, 1.82) is 0 Å². The normalized spacial score (nSPS) is 23.4. The summed E-state index contributed by atoms with van der Waals surface area (Å²) in [5, 5.41) is 11.8. The Bertz CT molecular complexity index is 545. The topological polar surface area (TPSA) is 50.7 Å². The quantitative estimate of drug-likeness (QED) is 0.865. The number of fused-ring (bicyclic) bond motifs is 1. The summed E-state index contributed by atoms with van der Waals surface area (Å²) in [4.78, 5) is 4.44. The molecule has 1 aromatic carbocycles. The second-order valence-electron chi connectivity index (χ2n) is 4.78. The summed E-state index contributed by atoms with van der Waals surface area (Å²) in [6.07, 6.45) is 3.38. The minimum Gasteiger partial charge on any atom is -0.353 e. The van der Waals surface area contributed by atoms with Gasteiger partial charge in [-0.1, -0.05) is 12.1 Å². The summed E-state index contributed by atoms with van der Waals surface area (Å²) >= 11 is 6.10. The zero-order valence-corrected chi connectivity index (χ0v) is 10.8. The van der Waals surface area contributed by atoms with Crippen LogP contribution in [-0.4, -0.2) is 27.1 Å². The molecule has 4 nitrogen and oxygen atoms in total. The molecule has 1 aliphatic carbocycles. The molecule has 2 atom stereocenters. The van der Waals surface area contributed by atoms with Gasteiger partial charge in [-0.25, -0.2) is 4.98 Å². The maximum Gasteiger partial charge on any atom is 0.243 e. The van der Waals surface area contributed by atoms with Gasteiger partial charge in [-0.2, -0.15) is 0 Å². The summed E-state index contributed by atoms with van der Waals surface area (Å²) in [6, 6.07) is 7.74. The standard InChI is InChI=1S/C13H15ClN4/c14-10-6-5-9(7-10)8-15-13-16-11-3-1-2-4-12(11)17-18-13/h1-4,9-10H,5-8H2,(H,15,16,18). The average Bonchev–Trinajstić information content (AvgIpc) is 2.82. The van der Waals surface area contributed by atoms with Crippen molar-refractivity contribution >= 4 is 28.6 Å². The first kappa shape index (κ1) is 11.7. The maximum absolute atomic E-state index is 6.10. The van der Waals surface area contributed by atoms with E-state index < -0.39 is 0 Å². The summed E-state index contributed by atoms with van der Waals surface area (Å²) in [5.74, 6) is 1.23. The fourth-order valence-corrected chi connectivity index (χ4v) is 2.77. The number of nitrogens with zero attached hydrogens (tertiary/aromatic N) is 3. The highest BCUT2D eigenvalue weighted by atomic mass is 35.5. The van der Waals surface area contributed by atoms with E-state index in [0.717, 1.165) is 30.4 Å². The highest BCUT2D eigenvalue weighted by Gasteiger charge is 2.22. The van der Waals surface area contributed by atoms with Crippen molar-refractivity contribution in [2.75, 3.05) is 11.9 Å². The smallest absolute Gasteiger partial charge is 0.243 e. The SMILES string of the molecule is ClC1CCC(CNc2nnc3ccccc3n2)C1. The van der Waals surface area contributed by atoms with Gasteiger partial charge in [0.15, 0.2) is 0 Å². The van der Waals surface area contributed by atoms with E-state index in [9.17, 15) is 0 Å². The number of alkyl halides is 1. The van der Waals surface area contributed by atoms with Gasteiger partial charge in [0.25, 0.3) is 0 Å². The lowest BCUT2D eigenvalue weighted by molar-refractivity contribution is 0.578. The number of halogens is 1. The Hall–Kier alpha value is -1.42. The van der Waals surface area contributed by atoms with E-state index in [0.29, 0.717) is 17.2 Å². The van der Waals surface area contributed by atoms with Gasteiger partial charge in [-0.3, -0.25) is 0 Å². The van der Waals surface area contributed by atoms with E-state index in [4.69, 9.17) is 11.6 Å². The molecule has 94 valence electrons. The Labute approximate surface area is 111 Å². The number of benzene rings is 1. The molecule has 5 heteroatoms. The van der Waals surface area contributed by atoms with Crippen molar-refractivity contribution in [1.82, 2.24) is 15.2 Å². The Morgan fingerprint density at radius 3 is 2.78 bits per heavy atom. The molecule has 0 spiro atoms. The van der Waals surface area contributed by atoms with Crippen LogP contribution in [-0.2, 0) is 0 Å². The Morgan fingerprint density at radius 1 is 1.17 bits per heavy atom. The van der Waals surface area contributed by atoms with Gasteiger partial charge in [0.05, 0.1) is 5.52 Å². The summed E-state index contributed by atoms with van der Waals surface area (Å²) < 4.78 is 0. The number of para-hydroxylation sites is 1. The van der Waals surface area contributed by atoms with Crippen molar-refractivity contribution in [3.63, 3.8) is 0 Å². The van der Waals surface area contributed by atoms with Crippen molar-refractivity contribution in [3.8, 4) is 0 Å². The predicted octanol–water partition coefficient (Wildman–Crippen LogP) is 2.84. The lowest BCUT2D eigenvalue weighted by Gasteiger charge is -2.10. The van der Waals surface area contributed by atoms with Crippen LogP contribution in [0.15, 0.2) is 24.3 Å². The second kappa shape index (κ2) is 5.06. The number of hydrogen-bond acceptors (Lipinski definition) is 4. The molecular formula is C13H15ClN4. The molecule has 0 aliphatic heterocycles. The van der Waals surface area contributed by atoms with Crippen molar-refractivity contribution < 1.29 is 0 Å². The van der Waals surface area contributed by atoms with E-state index in [-0.39, 0.29) is 0 Å². The lowest BCUT2D eigenvalue weighted by atomic mass is 10.1. The average molecular weight is 263 g/mol. The molecule has 1 fully saturated rings. The highest BCUT2D eigenvalue weighted by molar-refractivity contribution is 6.20. The fraction of sp³-hybridized carbons (Fsp3) is 0.462. The first-order valence-electron chi connectivity index (χ1n) is 6.28. The highest BCUT2D eigenvalue weighted by Crippen LogP contribution is 2.29. The molecule has 18 heavy (non-hydrogen) atoms. The molecule has 1 N–H and O–H groups in total. The van der Waals surface area contributed by atoms with E-state index in [1.807, 2.05) is 24.3 Å². The Balaban J connectivity index is 1.67. The van der Waals surface area contributed by atoms with Gasteiger partial charge in [0, 0.05) is 11.9 Å². The molecule has 0 radical (unpaired) electrons. The molecule has 1 aliphatic rings. The largest absolute Gasteiger partial charge is 0.353 e. The van der Waals surface area contributed by atoms with Gasteiger partial charge in [0.2, 0.25) is 5.95 Å². The van der Waals surface area contributed by atoms with Gasteiger partial charge in [0.1, 0.15) is 5.52 Å². The van der Waals surface area contributed by atoms with Crippen LogP contribution >= 0.6 is 11.6 Å². The number of aromatic nitrogens is 3. The molecule has 0 saturated heterocycles. The van der Waals surface area contributed by atoms with Gasteiger partial charge < -0.3 is 5.32 Å². The Kier molecular flexibility index (Phi) is 3.28. The van der Waals surface area contributed by atoms with Crippen LogP contribution in [0.4, 0.5) is 5.95 Å². The third kappa shape index (κ3) is 2.53. The lowest BCUT2D eigenvalue weighted by Crippen LogP contribution is -2.14. The third-order valence-electron chi connectivity index (χ3n) is 3.39. The first-order chi connectivity index (χ1) is 8.81. The molecule has 3 rings (SSSR count). The van der Waals surface area contributed by atoms with Gasteiger partial charge >= 0.3 is 0 Å². The summed E-state index contributed by atoms with van der Waals surface area (Å²) in [6.45, 7) is 0.878. The van der Waals surface area contributed by atoms with Gasteiger partial charge in [-0.15, -0.1) is 21.8 Å². The predicted molar refractivity (Wildman–Crippen MR) is 72.8 cm³/mol. The number of anilines is 1. The fourth-order valence-electron chi connectivity index (χ4n) is 2.39. The zero-order valence-electron chi connectivity index (χ0n) is 10.0. The monoisotopic (exact) mass is 262 g/mol. The van der Waals surface area contributed by atoms with Crippen molar-refractivity contribution in [2.24, 2.45) is 5.92 Å². The molecule has 1 saturated carbocycles. The van der Waals surface area contributed by atoms with Crippen LogP contribution in [0.25, 0.3) is 11.0 Å². The summed E-state index contributed by atoms with van der Waals surface area (Å²) in [5.41, 5.74) is 1.70. The first-order valence-corrected chi connectivity index (χ1v) is 6.72. The molecule has 0 amide bonds. The van der Waals surface area contributed by atoms with E-state index >= 15 is 0 Å². The van der Waals surface area contributed by atoms with Crippen LogP contribution in [0.5, 0.6) is 0 Å². The number of hydrogen-bond donors (Lipinski definition) is 1. The molecule has 1 aromatic heterocycles. The molecule has 0 bridgehead atoms. The Morgan fingerprint density at radius 2 is 2.00 bits per heavy atom. The van der Waals surface area contributed by atoms with E-state index in [1.54, 1.807) is 0 Å². The minimum atomic E-state index is 0.340. The third-order valence-corrected chi connectivity index (χ3v) is 3.78. The molecule has 2 aromatic rings.